The zero-order valence-electron chi connectivity index (χ0n) is 15.6. The van der Waals surface area contributed by atoms with Crippen molar-refractivity contribution in [2.24, 2.45) is 10.7 Å². The van der Waals surface area contributed by atoms with Crippen molar-refractivity contribution in [3.63, 3.8) is 0 Å². The third kappa shape index (κ3) is 5.13. The number of primary amides is 1. The standard InChI is InChI=1S/C19H27N5O3/c1-2-21-19(22-12-14-7-8-17(27-14)18(20)25)23-13-15(16-6-5-11-26-16)24-9-3-4-10-24/h5-8,11,15H,2-4,9-10,12-13H2,1H3,(H2,20,25)(H2,21,22,23). The molecule has 1 unspecified atom stereocenters. The summed E-state index contributed by atoms with van der Waals surface area (Å²) >= 11 is 0. The number of carbonyl (C=O) groups excluding carboxylic acids is 1. The van der Waals surface area contributed by atoms with E-state index in [0.717, 1.165) is 25.4 Å². The first-order valence-electron chi connectivity index (χ1n) is 9.35. The van der Waals surface area contributed by atoms with Crippen molar-refractivity contribution >= 4 is 11.9 Å². The highest BCUT2D eigenvalue weighted by atomic mass is 16.4. The smallest absolute Gasteiger partial charge is 0.284 e. The molecule has 0 bridgehead atoms. The van der Waals surface area contributed by atoms with Gasteiger partial charge in [-0.3, -0.25) is 9.69 Å². The number of aliphatic imine (C=N–C) groups is 1. The molecule has 146 valence electrons. The molecule has 2 aromatic rings. The van der Waals surface area contributed by atoms with Gasteiger partial charge in [0.05, 0.1) is 12.3 Å². The minimum Gasteiger partial charge on any atom is -0.468 e. The van der Waals surface area contributed by atoms with Crippen LogP contribution in [0, 0.1) is 0 Å². The maximum absolute atomic E-state index is 11.1. The quantitative estimate of drug-likeness (QED) is 0.481. The van der Waals surface area contributed by atoms with Gasteiger partial charge >= 0.3 is 0 Å². The minimum absolute atomic E-state index is 0.144. The molecule has 2 aromatic heterocycles. The van der Waals surface area contributed by atoms with Crippen LogP contribution < -0.4 is 16.4 Å². The highest BCUT2D eigenvalue weighted by molar-refractivity contribution is 5.89. The number of amides is 1. The summed E-state index contributed by atoms with van der Waals surface area (Å²) in [6.07, 6.45) is 4.14. The summed E-state index contributed by atoms with van der Waals surface area (Å²) in [5.74, 6) is 1.79. The lowest BCUT2D eigenvalue weighted by atomic mass is 10.2. The first kappa shape index (κ1) is 19.0. The van der Waals surface area contributed by atoms with Crippen LogP contribution in [0.2, 0.25) is 0 Å². The molecule has 0 aliphatic carbocycles. The molecular weight excluding hydrogens is 346 g/mol. The van der Waals surface area contributed by atoms with E-state index in [1.54, 1.807) is 18.4 Å². The number of hydrogen-bond donors (Lipinski definition) is 3. The number of carbonyl (C=O) groups is 1. The molecule has 1 aliphatic rings. The van der Waals surface area contributed by atoms with Crippen LogP contribution in [0.1, 0.15) is 47.9 Å². The van der Waals surface area contributed by atoms with Crippen molar-refractivity contribution in [2.75, 3.05) is 26.2 Å². The van der Waals surface area contributed by atoms with Gasteiger partial charge in [0.25, 0.3) is 5.91 Å². The Morgan fingerprint density at radius 3 is 2.74 bits per heavy atom. The van der Waals surface area contributed by atoms with Crippen LogP contribution in [0.5, 0.6) is 0 Å². The Balaban J connectivity index is 1.64. The molecule has 3 rings (SSSR count). The zero-order chi connectivity index (χ0) is 19.1. The molecule has 4 N–H and O–H groups in total. The predicted octanol–water partition coefficient (Wildman–Crippen LogP) is 1.86. The van der Waals surface area contributed by atoms with E-state index in [0.29, 0.717) is 24.8 Å². The SMILES string of the molecule is CCNC(=NCc1ccc(C(N)=O)o1)NCC(c1ccco1)N1CCCC1. The number of nitrogens with zero attached hydrogens (tertiary/aromatic N) is 2. The molecule has 1 aliphatic heterocycles. The van der Waals surface area contributed by atoms with Crippen LogP contribution in [0.25, 0.3) is 0 Å². The van der Waals surface area contributed by atoms with Crippen LogP contribution in [-0.4, -0.2) is 42.9 Å². The third-order valence-electron chi connectivity index (χ3n) is 4.56. The van der Waals surface area contributed by atoms with Gasteiger partial charge in [-0.15, -0.1) is 0 Å². The second-order valence-corrected chi connectivity index (χ2v) is 6.48. The second kappa shape index (κ2) is 9.27. The van der Waals surface area contributed by atoms with Crippen molar-refractivity contribution in [1.29, 1.82) is 0 Å². The van der Waals surface area contributed by atoms with Crippen molar-refractivity contribution in [3.8, 4) is 0 Å². The van der Waals surface area contributed by atoms with Crippen LogP contribution >= 0.6 is 0 Å². The van der Waals surface area contributed by atoms with Crippen LogP contribution in [-0.2, 0) is 6.54 Å². The van der Waals surface area contributed by atoms with E-state index in [-0.39, 0.29) is 11.8 Å². The van der Waals surface area contributed by atoms with Gasteiger partial charge in [-0.1, -0.05) is 0 Å². The number of likely N-dealkylation sites (tertiary alicyclic amines) is 1. The van der Waals surface area contributed by atoms with E-state index in [1.165, 1.54) is 12.8 Å². The van der Waals surface area contributed by atoms with Gasteiger partial charge in [0.1, 0.15) is 18.1 Å². The molecule has 1 amide bonds. The molecule has 1 atom stereocenters. The van der Waals surface area contributed by atoms with Gasteiger partial charge in [-0.05, 0) is 57.1 Å². The summed E-state index contributed by atoms with van der Waals surface area (Å²) in [7, 11) is 0. The number of rotatable bonds is 8. The molecule has 3 heterocycles. The summed E-state index contributed by atoms with van der Waals surface area (Å²) in [4.78, 5) is 18.1. The normalized spacial score (nSPS) is 16.4. The molecule has 27 heavy (non-hydrogen) atoms. The van der Waals surface area contributed by atoms with E-state index in [1.807, 2.05) is 19.1 Å². The van der Waals surface area contributed by atoms with Gasteiger partial charge in [0, 0.05) is 13.1 Å². The molecular formula is C19H27N5O3. The molecule has 1 fully saturated rings. The average molecular weight is 373 g/mol. The van der Waals surface area contributed by atoms with Gasteiger partial charge in [0.15, 0.2) is 11.7 Å². The molecule has 0 radical (unpaired) electrons. The highest BCUT2D eigenvalue weighted by Gasteiger charge is 2.25. The fourth-order valence-corrected chi connectivity index (χ4v) is 3.23. The second-order valence-electron chi connectivity index (χ2n) is 6.48. The molecule has 1 saturated heterocycles. The van der Waals surface area contributed by atoms with E-state index in [9.17, 15) is 4.79 Å². The Morgan fingerprint density at radius 1 is 1.30 bits per heavy atom. The lowest BCUT2D eigenvalue weighted by Gasteiger charge is -2.26. The molecule has 0 aromatic carbocycles. The van der Waals surface area contributed by atoms with Crippen molar-refractivity contribution in [1.82, 2.24) is 15.5 Å². The fourth-order valence-electron chi connectivity index (χ4n) is 3.23. The summed E-state index contributed by atoms with van der Waals surface area (Å²) in [5.41, 5.74) is 5.21. The van der Waals surface area contributed by atoms with Crippen molar-refractivity contribution in [2.45, 2.75) is 32.4 Å². The number of nitrogens with two attached hydrogens (primary N) is 1. The lowest BCUT2D eigenvalue weighted by Crippen LogP contribution is -2.42. The molecule has 0 spiro atoms. The van der Waals surface area contributed by atoms with E-state index >= 15 is 0 Å². The third-order valence-corrected chi connectivity index (χ3v) is 4.56. The number of hydrogen-bond acceptors (Lipinski definition) is 5. The summed E-state index contributed by atoms with van der Waals surface area (Å²) < 4.78 is 11.0. The van der Waals surface area contributed by atoms with Crippen LogP contribution in [0.4, 0.5) is 0 Å². The van der Waals surface area contributed by atoms with E-state index in [4.69, 9.17) is 14.6 Å². The predicted molar refractivity (Wildman–Crippen MR) is 102 cm³/mol. The van der Waals surface area contributed by atoms with Gasteiger partial charge in [-0.25, -0.2) is 4.99 Å². The monoisotopic (exact) mass is 373 g/mol. The van der Waals surface area contributed by atoms with Gasteiger partial charge in [-0.2, -0.15) is 0 Å². The van der Waals surface area contributed by atoms with Gasteiger partial charge in [0.2, 0.25) is 0 Å². The fraction of sp³-hybridized carbons (Fsp3) is 0.474. The first-order valence-corrected chi connectivity index (χ1v) is 9.35. The summed E-state index contributed by atoms with van der Waals surface area (Å²) in [5, 5.41) is 6.62. The lowest BCUT2D eigenvalue weighted by molar-refractivity contribution is 0.0972. The van der Waals surface area contributed by atoms with Crippen LogP contribution in [0.3, 0.4) is 0 Å². The Hall–Kier alpha value is -2.74. The number of furan rings is 2. The van der Waals surface area contributed by atoms with Crippen molar-refractivity contribution in [3.05, 3.63) is 47.8 Å². The number of guanidine groups is 1. The Bertz CT molecular complexity index is 747. The molecule has 0 saturated carbocycles. The molecule has 8 heteroatoms. The Labute approximate surface area is 158 Å². The van der Waals surface area contributed by atoms with Gasteiger partial charge < -0.3 is 25.2 Å². The average Bonchev–Trinajstić information content (AvgIpc) is 3.42. The topological polar surface area (TPSA) is 109 Å². The van der Waals surface area contributed by atoms with E-state index in [2.05, 4.69) is 20.5 Å². The highest BCUT2D eigenvalue weighted by Crippen LogP contribution is 2.24. The van der Waals surface area contributed by atoms with Crippen LogP contribution in [0.15, 0.2) is 44.4 Å². The van der Waals surface area contributed by atoms with Crippen molar-refractivity contribution < 1.29 is 13.6 Å². The largest absolute Gasteiger partial charge is 0.468 e. The molecule has 8 nitrogen and oxygen atoms in total. The maximum Gasteiger partial charge on any atom is 0.284 e. The first-order chi connectivity index (χ1) is 13.2. The summed E-state index contributed by atoms with van der Waals surface area (Å²) in [6, 6.07) is 7.38. The number of nitrogens with one attached hydrogen (secondary N) is 2. The van der Waals surface area contributed by atoms with E-state index < -0.39 is 5.91 Å². The Kier molecular flexibility index (Phi) is 6.54. The minimum atomic E-state index is -0.581. The Morgan fingerprint density at radius 2 is 2.11 bits per heavy atom. The zero-order valence-corrected chi connectivity index (χ0v) is 15.6. The summed E-state index contributed by atoms with van der Waals surface area (Å²) in [6.45, 7) is 5.90. The maximum atomic E-state index is 11.1.